The largest absolute Gasteiger partial charge is 0.491 e. The van der Waals surface area contributed by atoms with Gasteiger partial charge >= 0.3 is 6.09 Å². The van der Waals surface area contributed by atoms with Gasteiger partial charge in [-0.3, -0.25) is 19.3 Å². The van der Waals surface area contributed by atoms with E-state index >= 15 is 0 Å². The molecule has 5 rings (SSSR count). The van der Waals surface area contributed by atoms with Gasteiger partial charge in [-0.15, -0.1) is 0 Å². The molecule has 2 aliphatic carbocycles. The average Bonchev–Trinajstić information content (AvgIpc) is 3.25. The van der Waals surface area contributed by atoms with Crippen LogP contribution in [0.3, 0.4) is 0 Å². The zero-order chi connectivity index (χ0) is 43.1. The molecule has 13 heteroatoms. The molecule has 3 amide bonds. The van der Waals surface area contributed by atoms with Crippen molar-refractivity contribution < 1.29 is 42.9 Å². The van der Waals surface area contributed by atoms with Gasteiger partial charge in [0.2, 0.25) is 11.8 Å². The van der Waals surface area contributed by atoms with E-state index in [2.05, 4.69) is 22.8 Å². The molecule has 0 spiro atoms. The molecule has 326 valence electrons. The van der Waals surface area contributed by atoms with E-state index in [1.54, 1.807) is 6.92 Å². The Bertz CT molecular complexity index is 1870. The number of Topliss-reactive ketones (excluding diaryl/α,β-unsaturated/α-hetero) is 1. The number of nitrogens with zero attached hydrogens (tertiary/aromatic N) is 1. The van der Waals surface area contributed by atoms with Crippen LogP contribution in [0, 0.1) is 17.3 Å². The molecule has 4 N–H and O–H groups in total. The maximum atomic E-state index is 15.0. The third-order valence-electron chi connectivity index (χ3n) is 11.3. The van der Waals surface area contributed by atoms with Crippen LogP contribution in [0.15, 0.2) is 72.8 Å². The van der Waals surface area contributed by atoms with Gasteiger partial charge in [-0.2, -0.15) is 0 Å². The molecule has 0 fully saturated rings. The minimum atomic E-state index is -0.961. The first-order chi connectivity index (χ1) is 28.9. The average molecular weight is 829 g/mol. The molecule has 0 aliphatic heterocycles. The zero-order valence-corrected chi connectivity index (χ0v) is 35.9. The van der Waals surface area contributed by atoms with Gasteiger partial charge < -0.3 is 40.1 Å². The Morgan fingerprint density at radius 2 is 1.45 bits per heavy atom. The zero-order valence-electron chi connectivity index (χ0n) is 35.9. The second kappa shape index (κ2) is 22.7. The summed E-state index contributed by atoms with van der Waals surface area (Å²) in [6.07, 6.45) is 2.70. The molecule has 2 aliphatic rings. The molecular formula is C47H64N4O9. The van der Waals surface area contributed by atoms with Crippen LogP contribution >= 0.6 is 0 Å². The van der Waals surface area contributed by atoms with Crippen LogP contribution in [0.1, 0.15) is 74.4 Å². The molecule has 3 aromatic carbocycles. The Balaban J connectivity index is 1.28. The number of ether oxygens (including phenoxy) is 5. The summed E-state index contributed by atoms with van der Waals surface area (Å²) in [7, 11) is 1.50. The number of rotatable bonds is 21. The first-order valence-corrected chi connectivity index (χ1v) is 21.2. The summed E-state index contributed by atoms with van der Waals surface area (Å²) >= 11 is 0. The number of nitrogens with two attached hydrogens (primary N) is 1. The summed E-state index contributed by atoms with van der Waals surface area (Å²) in [4.78, 5) is 57.5. The van der Waals surface area contributed by atoms with Crippen molar-refractivity contribution in [3.63, 3.8) is 0 Å². The Morgan fingerprint density at radius 1 is 0.800 bits per heavy atom. The van der Waals surface area contributed by atoms with Crippen molar-refractivity contribution in [3.05, 3.63) is 101 Å². The van der Waals surface area contributed by atoms with Crippen molar-refractivity contribution in [2.75, 3.05) is 59.8 Å². The highest BCUT2D eigenvalue weighted by molar-refractivity contribution is 5.96. The highest BCUT2D eigenvalue weighted by atomic mass is 16.6. The van der Waals surface area contributed by atoms with Crippen LogP contribution in [0.25, 0.3) is 0 Å². The number of likely N-dealkylation sites (N-methyl/N-ethyl adjacent to an activating group) is 1. The van der Waals surface area contributed by atoms with E-state index in [0.29, 0.717) is 65.0 Å². The Hall–Kier alpha value is -4.82. The van der Waals surface area contributed by atoms with Crippen molar-refractivity contribution in [2.45, 2.75) is 84.5 Å². The minimum Gasteiger partial charge on any atom is -0.491 e. The number of hydrogen-bond acceptors (Lipinski definition) is 10. The van der Waals surface area contributed by atoms with Crippen molar-refractivity contribution in [1.82, 2.24) is 15.5 Å². The van der Waals surface area contributed by atoms with Gasteiger partial charge in [0.15, 0.2) is 5.78 Å². The summed E-state index contributed by atoms with van der Waals surface area (Å²) in [5.41, 5.74) is 9.74. The fraction of sp³-hybridized carbons (Fsp3) is 0.532. The lowest BCUT2D eigenvalue weighted by Crippen LogP contribution is -2.58. The second-order valence-electron chi connectivity index (χ2n) is 16.7. The van der Waals surface area contributed by atoms with Crippen LogP contribution < -0.4 is 21.1 Å². The highest BCUT2D eigenvalue weighted by Crippen LogP contribution is 2.37. The van der Waals surface area contributed by atoms with Crippen LogP contribution in [0.4, 0.5) is 4.79 Å². The summed E-state index contributed by atoms with van der Waals surface area (Å²) in [5, 5.41) is 6.32. The second-order valence-corrected chi connectivity index (χ2v) is 16.7. The van der Waals surface area contributed by atoms with Crippen LogP contribution in [0.2, 0.25) is 0 Å². The first-order valence-electron chi connectivity index (χ1n) is 21.2. The van der Waals surface area contributed by atoms with E-state index in [0.717, 1.165) is 41.5 Å². The van der Waals surface area contributed by atoms with E-state index in [-0.39, 0.29) is 30.8 Å². The van der Waals surface area contributed by atoms with Crippen molar-refractivity contribution >= 4 is 23.7 Å². The van der Waals surface area contributed by atoms with E-state index < -0.39 is 41.3 Å². The van der Waals surface area contributed by atoms with Crippen LogP contribution in [0.5, 0.6) is 5.75 Å². The van der Waals surface area contributed by atoms with Gasteiger partial charge in [-0.05, 0) is 84.4 Å². The minimum absolute atomic E-state index is 0.0590. The first kappa shape index (κ1) is 46.2. The summed E-state index contributed by atoms with van der Waals surface area (Å²) in [6.45, 7) is 10.8. The monoisotopic (exact) mass is 828 g/mol. The molecule has 0 heterocycles. The van der Waals surface area contributed by atoms with E-state index in [9.17, 15) is 19.2 Å². The van der Waals surface area contributed by atoms with Gasteiger partial charge in [0.25, 0.3) is 0 Å². The van der Waals surface area contributed by atoms with Gasteiger partial charge in [-0.25, -0.2) is 4.79 Å². The van der Waals surface area contributed by atoms with Gasteiger partial charge in [0.05, 0.1) is 57.6 Å². The van der Waals surface area contributed by atoms with Gasteiger partial charge in [0, 0.05) is 19.5 Å². The topological polar surface area (TPSA) is 168 Å². The predicted octanol–water partition coefficient (Wildman–Crippen LogP) is 5.36. The third kappa shape index (κ3) is 13.1. The molecule has 0 aromatic heterocycles. The number of amides is 3. The van der Waals surface area contributed by atoms with Gasteiger partial charge in [0.1, 0.15) is 25.0 Å². The molecule has 0 bridgehead atoms. The number of carbonyl (C=O) groups excluding carboxylic acids is 4. The molecule has 0 saturated carbocycles. The molecule has 5 atom stereocenters. The normalized spacial score (nSPS) is 18.3. The Kier molecular flexibility index (Phi) is 17.5. The summed E-state index contributed by atoms with van der Waals surface area (Å²) in [5.74, 6) is -1.71. The number of fused-ring (bicyclic) bond motifs is 2. The van der Waals surface area contributed by atoms with Crippen LogP contribution in [-0.4, -0.2) is 101 Å². The smallest absolute Gasteiger partial charge is 0.410 e. The van der Waals surface area contributed by atoms with Gasteiger partial charge in [-0.1, -0.05) is 81.4 Å². The molecule has 60 heavy (non-hydrogen) atoms. The van der Waals surface area contributed by atoms with E-state index in [1.165, 1.54) is 17.5 Å². The Morgan fingerprint density at radius 3 is 2.15 bits per heavy atom. The maximum absolute atomic E-state index is 15.0. The Labute approximate surface area is 355 Å². The molecule has 0 radical (unpaired) electrons. The lowest BCUT2D eigenvalue weighted by Gasteiger charge is -2.39. The quantitative estimate of drug-likeness (QED) is 0.119. The molecule has 1 unspecified atom stereocenters. The van der Waals surface area contributed by atoms with Crippen molar-refractivity contribution in [1.29, 1.82) is 0 Å². The predicted molar refractivity (Wildman–Crippen MR) is 228 cm³/mol. The number of hydrogen-bond donors (Lipinski definition) is 3. The SMILES string of the molecule is C[C@@H](C(=O)N[C@H](C(=O)C1Cc2cc(OCCOCCOCCOCCN)ccc2C[C@H]1C(=O)N[C@@H]1CCCc2ccccc21)C(C)(C)C)N(C)C(=O)OCc1ccccc1. The molecule has 13 nitrogen and oxygen atoms in total. The van der Waals surface area contributed by atoms with Crippen molar-refractivity contribution in [2.24, 2.45) is 23.0 Å². The standard InChI is InChI=1S/C47H64N4O9/c1-32(51(5)46(55)60-31-33-12-7-6-8-13-33)44(53)50-43(47(2,3)4)42(52)39-30-36-28-37(59-27-26-58-25-24-57-23-22-56-21-20-48)19-18-35(36)29-40(39)45(54)49-41-17-11-15-34-14-9-10-16-38(34)41/h6-10,12-14,16,18-19,28,32,39-41,43H,11,15,17,20-27,29-31,48H2,1-5H3,(H,49,54)(H,50,53)/t32-,39?,40+,41+,43+/m0/s1. The summed E-state index contributed by atoms with van der Waals surface area (Å²) < 4.78 is 28.0. The maximum Gasteiger partial charge on any atom is 0.410 e. The third-order valence-corrected chi connectivity index (χ3v) is 11.3. The number of aryl methyl sites for hydroxylation is 1. The number of benzene rings is 3. The van der Waals surface area contributed by atoms with Crippen LogP contribution in [-0.2, 0) is 59.2 Å². The number of carbonyl (C=O) groups is 4. The van der Waals surface area contributed by atoms with Crippen molar-refractivity contribution in [3.8, 4) is 5.75 Å². The lowest BCUT2D eigenvalue weighted by molar-refractivity contribution is -0.139. The molecule has 0 saturated heterocycles. The summed E-state index contributed by atoms with van der Waals surface area (Å²) in [6, 6.07) is 21.2. The number of ketones is 1. The van der Waals surface area contributed by atoms with E-state index in [1.807, 2.05) is 81.4 Å². The lowest BCUT2D eigenvalue weighted by atomic mass is 9.69. The molecule has 3 aromatic rings. The number of nitrogens with one attached hydrogen (secondary N) is 2. The molecular weight excluding hydrogens is 765 g/mol. The fourth-order valence-corrected chi connectivity index (χ4v) is 7.79. The highest BCUT2D eigenvalue weighted by Gasteiger charge is 2.45. The van der Waals surface area contributed by atoms with E-state index in [4.69, 9.17) is 29.4 Å². The fourth-order valence-electron chi connectivity index (χ4n) is 7.79.